The number of hydrogen-bond acceptors (Lipinski definition) is 6. The second-order valence-corrected chi connectivity index (χ2v) is 7.14. The van der Waals surface area contributed by atoms with E-state index in [2.05, 4.69) is 30.9 Å². The maximum Gasteiger partial charge on any atom is 0.360 e. The molecule has 4 aromatic rings. The Morgan fingerprint density at radius 1 is 1.23 bits per heavy atom. The van der Waals surface area contributed by atoms with Crippen molar-refractivity contribution in [2.75, 3.05) is 7.11 Å². The number of methoxy groups -OCH3 is 1. The number of nitrogens with zero attached hydrogens (tertiary/aromatic N) is 4. The van der Waals surface area contributed by atoms with E-state index in [1.54, 1.807) is 6.07 Å². The molecule has 3 aromatic heterocycles. The number of aromatic nitrogens is 4. The Hall–Kier alpha value is -3.47. The molecule has 0 fully saturated rings. The van der Waals surface area contributed by atoms with E-state index in [1.165, 1.54) is 19.4 Å². The first-order valence-corrected chi connectivity index (χ1v) is 9.20. The second kappa shape index (κ2) is 7.41. The van der Waals surface area contributed by atoms with Crippen molar-refractivity contribution in [2.45, 2.75) is 6.54 Å². The molecule has 0 atom stereocenters. The highest BCUT2D eigenvalue weighted by atomic mass is 79.9. The van der Waals surface area contributed by atoms with Gasteiger partial charge in [-0.25, -0.2) is 23.5 Å². The van der Waals surface area contributed by atoms with Crippen LogP contribution in [0.3, 0.4) is 0 Å². The fourth-order valence-electron chi connectivity index (χ4n) is 3.08. The molecule has 1 N–H and O–H groups in total. The van der Waals surface area contributed by atoms with Crippen LogP contribution in [-0.2, 0) is 6.54 Å². The number of rotatable bonds is 4. The van der Waals surface area contributed by atoms with Gasteiger partial charge in [0.05, 0.1) is 25.4 Å². The molecule has 30 heavy (non-hydrogen) atoms. The maximum atomic E-state index is 14.4. The van der Waals surface area contributed by atoms with Crippen LogP contribution < -0.4 is 10.3 Å². The second-order valence-electron chi connectivity index (χ2n) is 6.22. The van der Waals surface area contributed by atoms with Crippen LogP contribution in [0.15, 0.2) is 39.7 Å². The molecule has 0 aliphatic carbocycles. The summed E-state index contributed by atoms with van der Waals surface area (Å²) in [5, 5.41) is 9.70. The van der Waals surface area contributed by atoms with Crippen LogP contribution in [0.1, 0.15) is 16.1 Å². The number of benzene rings is 1. The highest BCUT2D eigenvalue weighted by Crippen LogP contribution is 2.25. The van der Waals surface area contributed by atoms with Gasteiger partial charge in [-0.1, -0.05) is 15.9 Å². The predicted molar refractivity (Wildman–Crippen MR) is 106 cm³/mol. The quantitative estimate of drug-likeness (QED) is 0.450. The normalized spacial score (nSPS) is 11.2. The predicted octanol–water partition coefficient (Wildman–Crippen LogP) is 3.14. The summed E-state index contributed by atoms with van der Waals surface area (Å²) in [6, 6.07) is 5.18. The van der Waals surface area contributed by atoms with Gasteiger partial charge in [0, 0.05) is 21.5 Å². The summed E-state index contributed by atoms with van der Waals surface area (Å²) in [5.74, 6) is -3.09. The van der Waals surface area contributed by atoms with Crippen molar-refractivity contribution in [3.05, 3.63) is 68.2 Å². The van der Waals surface area contributed by atoms with E-state index in [4.69, 9.17) is 4.74 Å². The van der Waals surface area contributed by atoms with E-state index in [9.17, 15) is 23.5 Å². The third kappa shape index (κ3) is 3.26. The number of carboxylic acids is 1. The Kier molecular flexibility index (Phi) is 4.90. The lowest BCUT2D eigenvalue weighted by Crippen LogP contribution is -2.29. The summed E-state index contributed by atoms with van der Waals surface area (Å²) in [6.45, 7) is -0.561. The minimum atomic E-state index is -1.57. The molecule has 152 valence electrons. The number of carbonyl (C=O) groups is 1. The molecule has 0 radical (unpaired) electrons. The van der Waals surface area contributed by atoms with E-state index in [0.717, 1.165) is 16.7 Å². The van der Waals surface area contributed by atoms with Crippen LogP contribution in [0.5, 0.6) is 5.88 Å². The topological polar surface area (TPSA) is 107 Å². The van der Waals surface area contributed by atoms with E-state index >= 15 is 0 Å². The van der Waals surface area contributed by atoms with Crippen LogP contribution in [0.2, 0.25) is 0 Å². The number of pyridine rings is 2. The number of aromatic carboxylic acids is 1. The highest BCUT2D eigenvalue weighted by molar-refractivity contribution is 9.10. The molecule has 8 nitrogen and oxygen atoms in total. The van der Waals surface area contributed by atoms with Crippen LogP contribution in [-0.4, -0.2) is 37.7 Å². The number of halogens is 3. The zero-order valence-electron chi connectivity index (χ0n) is 15.2. The van der Waals surface area contributed by atoms with Gasteiger partial charge in [0.25, 0.3) is 5.56 Å². The Balaban J connectivity index is 2.09. The summed E-state index contributed by atoms with van der Waals surface area (Å²) < 4.78 is 35.1. The van der Waals surface area contributed by atoms with Crippen molar-refractivity contribution in [3.8, 4) is 5.88 Å². The lowest BCUT2D eigenvalue weighted by atomic mass is 10.1. The fraction of sp³-hybridized carbons (Fsp3) is 0.105. The Morgan fingerprint density at radius 2 is 1.93 bits per heavy atom. The third-order valence-electron chi connectivity index (χ3n) is 4.44. The molecule has 0 aliphatic heterocycles. The molecule has 3 heterocycles. The molecule has 0 spiro atoms. The van der Waals surface area contributed by atoms with E-state index in [-0.39, 0.29) is 27.0 Å². The largest absolute Gasteiger partial charge is 0.481 e. The number of carboxylic acid groups (broad SMARTS) is 1. The summed E-state index contributed by atoms with van der Waals surface area (Å²) in [6.07, 6.45) is 1.24. The first kappa shape index (κ1) is 19.8. The van der Waals surface area contributed by atoms with Crippen molar-refractivity contribution in [1.82, 2.24) is 19.5 Å². The molecule has 4 rings (SSSR count). The SMILES string of the molecule is COc1ccc2c(ncc3nc(C(=O)O)c(=O)n(Cc4c(F)cc(Br)cc4F)c32)n1. The van der Waals surface area contributed by atoms with E-state index < -0.39 is 41.0 Å². The van der Waals surface area contributed by atoms with Gasteiger partial charge in [-0.3, -0.25) is 9.36 Å². The summed E-state index contributed by atoms with van der Waals surface area (Å²) >= 11 is 3.00. The molecular formula is C19H11BrF2N4O4. The summed E-state index contributed by atoms with van der Waals surface area (Å²) in [5.41, 5.74) is -1.81. The fourth-order valence-corrected chi connectivity index (χ4v) is 3.49. The van der Waals surface area contributed by atoms with Crippen molar-refractivity contribution in [3.63, 3.8) is 0 Å². The Labute approximate surface area is 174 Å². The van der Waals surface area contributed by atoms with Crippen LogP contribution in [0.4, 0.5) is 8.78 Å². The van der Waals surface area contributed by atoms with Gasteiger partial charge in [0.1, 0.15) is 17.2 Å². The molecule has 11 heteroatoms. The first-order chi connectivity index (χ1) is 14.3. The zero-order valence-corrected chi connectivity index (χ0v) is 16.8. The summed E-state index contributed by atoms with van der Waals surface area (Å²) in [7, 11) is 1.42. The highest BCUT2D eigenvalue weighted by Gasteiger charge is 2.21. The van der Waals surface area contributed by atoms with E-state index in [1.807, 2.05) is 0 Å². The minimum Gasteiger partial charge on any atom is -0.481 e. The van der Waals surface area contributed by atoms with Crippen LogP contribution in [0.25, 0.3) is 22.1 Å². The van der Waals surface area contributed by atoms with Crippen molar-refractivity contribution >= 4 is 44.0 Å². The molecule has 1 aromatic carbocycles. The smallest absolute Gasteiger partial charge is 0.360 e. The number of hydrogen-bond donors (Lipinski definition) is 1. The molecule has 0 saturated heterocycles. The molecule has 0 saturated carbocycles. The first-order valence-electron chi connectivity index (χ1n) is 8.41. The monoisotopic (exact) mass is 476 g/mol. The Bertz CT molecular complexity index is 1380. The Morgan fingerprint density at radius 3 is 2.57 bits per heavy atom. The number of ether oxygens (including phenoxy) is 1. The van der Waals surface area contributed by atoms with Gasteiger partial charge < -0.3 is 9.84 Å². The lowest BCUT2D eigenvalue weighted by molar-refractivity contribution is 0.0688. The van der Waals surface area contributed by atoms with Gasteiger partial charge in [-0.2, -0.15) is 4.98 Å². The van der Waals surface area contributed by atoms with Gasteiger partial charge in [0.15, 0.2) is 5.65 Å². The van der Waals surface area contributed by atoms with Gasteiger partial charge in [-0.15, -0.1) is 0 Å². The average Bonchev–Trinajstić information content (AvgIpc) is 2.70. The standard InChI is InChI=1S/C19H11BrF2N4O4/c1-30-14-3-2-9-16-13(6-23-17(9)25-14)24-15(19(28)29)18(27)26(16)7-10-11(21)4-8(20)5-12(10)22/h2-6H,7H2,1H3,(H,28,29). The van der Waals surface area contributed by atoms with Gasteiger partial charge in [0.2, 0.25) is 11.6 Å². The molecule has 0 aliphatic rings. The molecule has 0 unspecified atom stereocenters. The lowest BCUT2D eigenvalue weighted by Gasteiger charge is -2.14. The average molecular weight is 477 g/mol. The minimum absolute atomic E-state index is 0.0596. The molecular weight excluding hydrogens is 466 g/mol. The summed E-state index contributed by atoms with van der Waals surface area (Å²) in [4.78, 5) is 36.6. The van der Waals surface area contributed by atoms with Crippen molar-refractivity contribution < 1.29 is 23.4 Å². The van der Waals surface area contributed by atoms with Gasteiger partial charge in [-0.05, 0) is 18.2 Å². The van der Waals surface area contributed by atoms with Crippen molar-refractivity contribution in [1.29, 1.82) is 0 Å². The molecule has 0 bridgehead atoms. The van der Waals surface area contributed by atoms with Gasteiger partial charge >= 0.3 is 5.97 Å². The van der Waals surface area contributed by atoms with Crippen LogP contribution >= 0.6 is 15.9 Å². The van der Waals surface area contributed by atoms with Crippen LogP contribution in [0, 0.1) is 11.6 Å². The zero-order chi connectivity index (χ0) is 21.6. The third-order valence-corrected chi connectivity index (χ3v) is 4.90. The van der Waals surface area contributed by atoms with E-state index in [0.29, 0.717) is 5.39 Å². The van der Waals surface area contributed by atoms with Crippen molar-refractivity contribution in [2.24, 2.45) is 0 Å². The number of fused-ring (bicyclic) bond motifs is 3. The maximum absolute atomic E-state index is 14.4. The molecule has 0 amide bonds.